The molecule has 0 aromatic heterocycles. The Morgan fingerprint density at radius 3 is 2.55 bits per heavy atom. The molecule has 22 heavy (non-hydrogen) atoms. The van der Waals surface area contributed by atoms with Gasteiger partial charge in [-0.1, -0.05) is 0 Å². The summed E-state index contributed by atoms with van der Waals surface area (Å²) >= 11 is 0. The molecule has 2 saturated heterocycles. The molecular formula is C15H19FN2O3S. The second kappa shape index (κ2) is 5.31. The Bertz CT molecular complexity index is 689. The van der Waals surface area contributed by atoms with Crippen LogP contribution in [-0.2, 0) is 14.8 Å². The fraction of sp³-hybridized carbons (Fsp3) is 0.533. The number of rotatable bonds is 3. The summed E-state index contributed by atoms with van der Waals surface area (Å²) in [5.74, 6) is -0.285. The van der Waals surface area contributed by atoms with E-state index >= 15 is 0 Å². The molecule has 1 aromatic rings. The monoisotopic (exact) mass is 326 g/mol. The van der Waals surface area contributed by atoms with Crippen molar-refractivity contribution in [2.24, 2.45) is 5.41 Å². The number of carbonyl (C=O) groups excluding carboxylic acids is 1. The van der Waals surface area contributed by atoms with Gasteiger partial charge in [0.15, 0.2) is 0 Å². The summed E-state index contributed by atoms with van der Waals surface area (Å²) in [4.78, 5) is 14.0. The van der Waals surface area contributed by atoms with Crippen molar-refractivity contribution in [1.29, 1.82) is 0 Å². The third kappa shape index (κ3) is 2.63. The number of benzene rings is 1. The van der Waals surface area contributed by atoms with Gasteiger partial charge in [0.1, 0.15) is 5.82 Å². The third-order valence-corrected chi connectivity index (χ3v) is 6.45. The zero-order chi connectivity index (χ0) is 16.0. The van der Waals surface area contributed by atoms with Gasteiger partial charge in [0, 0.05) is 37.2 Å². The molecule has 0 bridgehead atoms. The van der Waals surface area contributed by atoms with Crippen LogP contribution in [0.15, 0.2) is 24.3 Å². The fourth-order valence-electron chi connectivity index (χ4n) is 3.34. The predicted octanol–water partition coefficient (Wildman–Crippen LogP) is 1.60. The van der Waals surface area contributed by atoms with Gasteiger partial charge in [-0.2, -0.15) is 0 Å². The van der Waals surface area contributed by atoms with E-state index in [1.165, 1.54) is 16.4 Å². The Kier molecular flexibility index (Phi) is 3.72. The predicted molar refractivity (Wildman–Crippen MR) is 81.5 cm³/mol. The van der Waals surface area contributed by atoms with Crippen molar-refractivity contribution in [1.82, 2.24) is 4.31 Å². The van der Waals surface area contributed by atoms with Crippen LogP contribution in [0.3, 0.4) is 0 Å². The average Bonchev–Trinajstić information content (AvgIpc) is 3.04. The number of nitrogens with zero attached hydrogens (tertiary/aromatic N) is 2. The summed E-state index contributed by atoms with van der Waals surface area (Å²) < 4.78 is 38.5. The van der Waals surface area contributed by atoms with Crippen molar-refractivity contribution in [2.45, 2.75) is 19.8 Å². The van der Waals surface area contributed by atoms with Crippen LogP contribution >= 0.6 is 0 Å². The molecule has 1 unspecified atom stereocenters. The van der Waals surface area contributed by atoms with Crippen molar-refractivity contribution < 1.29 is 17.6 Å². The molecule has 1 aromatic carbocycles. The second-order valence-corrected chi connectivity index (χ2v) is 8.37. The van der Waals surface area contributed by atoms with Gasteiger partial charge in [-0.15, -0.1) is 0 Å². The molecule has 1 atom stereocenters. The number of hydrogen-bond donors (Lipinski definition) is 0. The zero-order valence-electron chi connectivity index (χ0n) is 12.5. The third-order valence-electron chi connectivity index (χ3n) is 4.62. The maximum atomic E-state index is 13.0. The Hall–Kier alpha value is -1.47. The average molecular weight is 326 g/mol. The lowest BCUT2D eigenvalue weighted by Crippen LogP contribution is -2.34. The van der Waals surface area contributed by atoms with Gasteiger partial charge in [-0.3, -0.25) is 4.79 Å². The van der Waals surface area contributed by atoms with E-state index in [0.29, 0.717) is 38.2 Å². The quantitative estimate of drug-likeness (QED) is 0.848. The normalized spacial score (nSPS) is 26.3. The number of carbonyl (C=O) groups is 1. The number of anilines is 1. The molecular weight excluding hydrogens is 307 g/mol. The second-order valence-electron chi connectivity index (χ2n) is 6.12. The van der Waals surface area contributed by atoms with Gasteiger partial charge in [0.05, 0.1) is 5.75 Å². The summed E-state index contributed by atoms with van der Waals surface area (Å²) in [6.45, 7) is 2.99. The van der Waals surface area contributed by atoms with Gasteiger partial charge in [-0.25, -0.2) is 17.1 Å². The van der Waals surface area contributed by atoms with Gasteiger partial charge in [0.25, 0.3) is 0 Å². The molecule has 0 N–H and O–H groups in total. The minimum absolute atomic E-state index is 0.0256. The van der Waals surface area contributed by atoms with Crippen molar-refractivity contribution in [2.75, 3.05) is 30.3 Å². The maximum absolute atomic E-state index is 13.0. The van der Waals surface area contributed by atoms with Crippen LogP contribution in [0.1, 0.15) is 19.8 Å². The minimum atomic E-state index is -3.21. The van der Waals surface area contributed by atoms with Crippen LogP contribution in [-0.4, -0.2) is 44.0 Å². The highest BCUT2D eigenvalue weighted by Gasteiger charge is 2.49. The van der Waals surface area contributed by atoms with E-state index in [0.717, 1.165) is 0 Å². The topological polar surface area (TPSA) is 57.7 Å². The SMILES string of the molecule is CCS(=O)(=O)N1CCC2(CC(=O)N(c3ccc(F)cc3)C2)C1. The van der Waals surface area contributed by atoms with Gasteiger partial charge in [-0.05, 0) is 37.6 Å². The van der Waals surface area contributed by atoms with Crippen molar-refractivity contribution in [3.63, 3.8) is 0 Å². The van der Waals surface area contributed by atoms with Gasteiger partial charge < -0.3 is 4.90 Å². The molecule has 2 aliphatic rings. The highest BCUT2D eigenvalue weighted by atomic mass is 32.2. The largest absolute Gasteiger partial charge is 0.312 e. The van der Waals surface area contributed by atoms with Crippen molar-refractivity contribution >= 4 is 21.6 Å². The first-order chi connectivity index (χ1) is 10.4. The minimum Gasteiger partial charge on any atom is -0.312 e. The van der Waals surface area contributed by atoms with E-state index in [4.69, 9.17) is 0 Å². The van der Waals surface area contributed by atoms with Crippen LogP contribution in [0.2, 0.25) is 0 Å². The molecule has 2 heterocycles. The highest BCUT2D eigenvalue weighted by molar-refractivity contribution is 7.89. The van der Waals surface area contributed by atoms with Gasteiger partial charge >= 0.3 is 0 Å². The van der Waals surface area contributed by atoms with Crippen LogP contribution in [0, 0.1) is 11.2 Å². The first-order valence-corrected chi connectivity index (χ1v) is 9.00. The maximum Gasteiger partial charge on any atom is 0.227 e. The zero-order valence-corrected chi connectivity index (χ0v) is 13.3. The summed E-state index contributed by atoms with van der Waals surface area (Å²) in [6.07, 6.45) is 1.04. The highest BCUT2D eigenvalue weighted by Crippen LogP contribution is 2.42. The van der Waals surface area contributed by atoms with E-state index in [2.05, 4.69) is 0 Å². The molecule has 1 spiro atoms. The molecule has 0 aliphatic carbocycles. The summed E-state index contributed by atoms with van der Waals surface area (Å²) in [7, 11) is -3.21. The molecule has 2 aliphatic heterocycles. The molecule has 0 radical (unpaired) electrons. The first-order valence-electron chi connectivity index (χ1n) is 7.39. The van der Waals surface area contributed by atoms with E-state index in [9.17, 15) is 17.6 Å². The number of halogens is 1. The number of hydrogen-bond acceptors (Lipinski definition) is 3. The fourth-order valence-corrected chi connectivity index (χ4v) is 4.54. The smallest absolute Gasteiger partial charge is 0.227 e. The Morgan fingerprint density at radius 1 is 1.23 bits per heavy atom. The van der Waals surface area contributed by atoms with Crippen LogP contribution in [0.5, 0.6) is 0 Å². The van der Waals surface area contributed by atoms with E-state index in [1.807, 2.05) is 0 Å². The first kappa shape index (κ1) is 15.4. The molecule has 0 saturated carbocycles. The van der Waals surface area contributed by atoms with Crippen molar-refractivity contribution in [3.05, 3.63) is 30.1 Å². The summed E-state index contributed by atoms with van der Waals surface area (Å²) in [5.41, 5.74) is 0.355. The lowest BCUT2D eigenvalue weighted by molar-refractivity contribution is -0.117. The Morgan fingerprint density at radius 2 is 1.91 bits per heavy atom. The van der Waals surface area contributed by atoms with Crippen molar-refractivity contribution in [3.8, 4) is 0 Å². The lowest BCUT2D eigenvalue weighted by Gasteiger charge is -2.24. The summed E-state index contributed by atoms with van der Waals surface area (Å²) in [5, 5.41) is 0. The van der Waals surface area contributed by atoms with Gasteiger partial charge in [0.2, 0.25) is 15.9 Å². The molecule has 2 fully saturated rings. The summed E-state index contributed by atoms with van der Waals surface area (Å²) in [6, 6.07) is 5.83. The molecule has 3 rings (SSSR count). The van der Waals surface area contributed by atoms with E-state index in [-0.39, 0.29) is 22.9 Å². The molecule has 7 heteroatoms. The standard InChI is InChI=1S/C15H19FN2O3S/c1-2-22(20,21)17-8-7-15(10-17)9-14(19)18(11-15)13-5-3-12(16)4-6-13/h3-6H,2,7-11H2,1H3. The Balaban J connectivity index is 1.79. The lowest BCUT2D eigenvalue weighted by atomic mass is 9.86. The number of amides is 1. The van der Waals surface area contributed by atoms with Crippen LogP contribution in [0.25, 0.3) is 0 Å². The molecule has 1 amide bonds. The Labute approximate surface area is 129 Å². The van der Waals surface area contributed by atoms with E-state index < -0.39 is 10.0 Å². The molecule has 120 valence electrons. The van der Waals surface area contributed by atoms with Crippen LogP contribution < -0.4 is 4.90 Å². The molecule has 5 nitrogen and oxygen atoms in total. The number of sulfonamides is 1. The van der Waals surface area contributed by atoms with E-state index in [1.54, 1.807) is 24.0 Å². The van der Waals surface area contributed by atoms with Crippen LogP contribution in [0.4, 0.5) is 10.1 Å².